The maximum absolute atomic E-state index is 12.6. The highest BCUT2D eigenvalue weighted by molar-refractivity contribution is 5.91. The number of aromatic amines is 1. The molecular formula is C24H24N6O2. The first kappa shape index (κ1) is 20.0. The van der Waals surface area contributed by atoms with Crippen LogP contribution in [0.5, 0.6) is 0 Å². The number of carbonyl (C=O) groups excluding carboxylic acids is 1. The number of nitrogens with zero attached hydrogens (tertiary/aromatic N) is 4. The van der Waals surface area contributed by atoms with Crippen molar-refractivity contribution < 1.29 is 4.79 Å². The molecule has 1 aliphatic heterocycles. The number of H-pyrrole nitrogens is 1. The minimum atomic E-state index is -0.131. The Morgan fingerprint density at radius 3 is 2.69 bits per heavy atom. The average Bonchev–Trinajstić information content (AvgIpc) is 3.33. The normalized spacial score (nSPS) is 14.5. The van der Waals surface area contributed by atoms with Crippen LogP contribution >= 0.6 is 0 Å². The van der Waals surface area contributed by atoms with E-state index in [2.05, 4.69) is 20.3 Å². The van der Waals surface area contributed by atoms with Gasteiger partial charge in [0, 0.05) is 37.0 Å². The van der Waals surface area contributed by atoms with Crippen molar-refractivity contribution in [2.45, 2.75) is 13.3 Å². The van der Waals surface area contributed by atoms with Gasteiger partial charge in [0.05, 0.1) is 23.3 Å². The minimum absolute atomic E-state index is 0.108. The van der Waals surface area contributed by atoms with Crippen molar-refractivity contribution in [3.63, 3.8) is 0 Å². The van der Waals surface area contributed by atoms with E-state index in [9.17, 15) is 9.59 Å². The number of rotatable bonds is 5. The predicted molar refractivity (Wildman–Crippen MR) is 125 cm³/mol. The lowest BCUT2D eigenvalue weighted by atomic mass is 10.2. The molecule has 32 heavy (non-hydrogen) atoms. The van der Waals surface area contributed by atoms with Gasteiger partial charge < -0.3 is 10.3 Å². The van der Waals surface area contributed by atoms with E-state index in [1.165, 1.54) is 0 Å². The molecule has 2 aromatic heterocycles. The van der Waals surface area contributed by atoms with Crippen LogP contribution < -0.4 is 11.0 Å². The van der Waals surface area contributed by atoms with Gasteiger partial charge in [-0.2, -0.15) is 0 Å². The number of para-hydroxylation sites is 3. The molecule has 8 nitrogen and oxygen atoms in total. The van der Waals surface area contributed by atoms with Crippen LogP contribution in [0.25, 0.3) is 22.4 Å². The zero-order valence-electron chi connectivity index (χ0n) is 17.8. The first-order chi connectivity index (χ1) is 15.6. The summed E-state index contributed by atoms with van der Waals surface area (Å²) in [6.45, 7) is 3.53. The van der Waals surface area contributed by atoms with Crippen molar-refractivity contribution in [1.29, 1.82) is 0 Å². The van der Waals surface area contributed by atoms with Gasteiger partial charge in [0.25, 0.3) is 0 Å². The number of fused-ring (bicyclic) bond motifs is 1. The number of amides is 1. The number of aryl methyl sites for hydroxylation is 1. The minimum Gasteiger partial charge on any atom is -0.308 e. The van der Waals surface area contributed by atoms with Crippen LogP contribution in [0, 0.1) is 6.92 Å². The quantitative estimate of drug-likeness (QED) is 0.512. The molecule has 0 saturated carbocycles. The Bertz CT molecular complexity index is 1360. The van der Waals surface area contributed by atoms with Gasteiger partial charge in [0.2, 0.25) is 5.91 Å². The lowest BCUT2D eigenvalue weighted by molar-refractivity contribution is -0.117. The second kappa shape index (κ2) is 8.32. The third-order valence-electron chi connectivity index (χ3n) is 5.67. The first-order valence-electron chi connectivity index (χ1n) is 10.6. The van der Waals surface area contributed by atoms with E-state index in [0.717, 1.165) is 28.1 Å². The van der Waals surface area contributed by atoms with Crippen LogP contribution in [0.15, 0.2) is 71.5 Å². The highest BCUT2D eigenvalue weighted by Gasteiger charge is 2.19. The van der Waals surface area contributed by atoms with E-state index < -0.39 is 0 Å². The molecule has 5 rings (SSSR count). The Hall–Kier alpha value is -3.91. The topological polar surface area (TPSA) is 87.9 Å². The van der Waals surface area contributed by atoms with E-state index in [0.29, 0.717) is 25.3 Å². The Morgan fingerprint density at radius 1 is 1.12 bits per heavy atom. The molecule has 0 atom stereocenters. The Labute approximate surface area is 184 Å². The molecule has 162 valence electrons. The van der Waals surface area contributed by atoms with E-state index in [1.807, 2.05) is 78.3 Å². The molecule has 2 N–H and O–H groups in total. The monoisotopic (exact) mass is 428 g/mol. The van der Waals surface area contributed by atoms with Crippen LogP contribution in [-0.4, -0.2) is 49.8 Å². The van der Waals surface area contributed by atoms with Crippen molar-refractivity contribution in [3.05, 3.63) is 82.9 Å². The summed E-state index contributed by atoms with van der Waals surface area (Å²) in [7, 11) is 0. The zero-order chi connectivity index (χ0) is 22.1. The standard InChI is InChI=1S/C24H24N6O2/c1-17-15-22(27-30(17)19-7-3-2-4-8-19)26-23(31)16-28-13-11-18(12-14-28)29-21-10-6-5-9-20(21)25-24(29)32/h2-11,15H,12-14,16H2,1H3,(H,25,32)(H,26,27,31). The van der Waals surface area contributed by atoms with Crippen LogP contribution in [0.1, 0.15) is 12.1 Å². The van der Waals surface area contributed by atoms with Crippen molar-refractivity contribution in [2.24, 2.45) is 0 Å². The third-order valence-corrected chi connectivity index (χ3v) is 5.67. The molecule has 2 aromatic carbocycles. The molecular weight excluding hydrogens is 404 g/mol. The van der Waals surface area contributed by atoms with Crippen LogP contribution in [0.4, 0.5) is 5.82 Å². The fraction of sp³-hybridized carbons (Fsp3) is 0.208. The molecule has 1 aliphatic rings. The summed E-state index contributed by atoms with van der Waals surface area (Å²) < 4.78 is 3.54. The summed E-state index contributed by atoms with van der Waals surface area (Å²) >= 11 is 0. The van der Waals surface area contributed by atoms with Gasteiger partial charge in [-0.05, 0) is 31.2 Å². The van der Waals surface area contributed by atoms with Gasteiger partial charge in [-0.25, -0.2) is 9.48 Å². The summed E-state index contributed by atoms with van der Waals surface area (Å²) in [6, 6.07) is 19.3. The Balaban J connectivity index is 1.24. The van der Waals surface area contributed by atoms with Crippen molar-refractivity contribution in [1.82, 2.24) is 24.2 Å². The fourth-order valence-corrected chi connectivity index (χ4v) is 4.14. The van der Waals surface area contributed by atoms with E-state index in [1.54, 1.807) is 4.57 Å². The number of aromatic nitrogens is 4. The van der Waals surface area contributed by atoms with Gasteiger partial charge >= 0.3 is 5.69 Å². The number of hydrogen-bond acceptors (Lipinski definition) is 4. The van der Waals surface area contributed by atoms with Crippen LogP contribution in [0.2, 0.25) is 0 Å². The fourth-order valence-electron chi connectivity index (χ4n) is 4.14. The van der Waals surface area contributed by atoms with Crippen molar-refractivity contribution in [3.8, 4) is 5.69 Å². The van der Waals surface area contributed by atoms with Crippen molar-refractivity contribution in [2.75, 3.05) is 25.0 Å². The van der Waals surface area contributed by atoms with Crippen LogP contribution in [0.3, 0.4) is 0 Å². The number of benzene rings is 2. The highest BCUT2D eigenvalue weighted by Crippen LogP contribution is 2.20. The highest BCUT2D eigenvalue weighted by atomic mass is 16.2. The summed E-state index contributed by atoms with van der Waals surface area (Å²) in [5, 5.41) is 7.41. The summed E-state index contributed by atoms with van der Waals surface area (Å²) in [6.07, 6.45) is 2.71. The maximum Gasteiger partial charge on any atom is 0.330 e. The van der Waals surface area contributed by atoms with Gasteiger partial charge in [-0.3, -0.25) is 14.3 Å². The molecule has 0 bridgehead atoms. The molecule has 0 saturated heterocycles. The third kappa shape index (κ3) is 3.88. The van der Waals surface area contributed by atoms with Gasteiger partial charge in [0.15, 0.2) is 5.82 Å². The van der Waals surface area contributed by atoms with Gasteiger partial charge in [-0.15, -0.1) is 5.10 Å². The largest absolute Gasteiger partial charge is 0.330 e. The number of imidazole rings is 1. The molecule has 3 heterocycles. The smallest absolute Gasteiger partial charge is 0.308 e. The SMILES string of the molecule is Cc1cc(NC(=O)CN2CC=C(n3c(=O)[nH]c4ccccc43)CC2)nn1-c1ccccc1. The molecule has 0 fully saturated rings. The Morgan fingerprint density at radius 2 is 1.91 bits per heavy atom. The molecule has 4 aromatic rings. The second-order valence-corrected chi connectivity index (χ2v) is 7.93. The second-order valence-electron chi connectivity index (χ2n) is 7.93. The van der Waals surface area contributed by atoms with E-state index in [4.69, 9.17) is 0 Å². The van der Waals surface area contributed by atoms with Crippen molar-refractivity contribution >= 4 is 28.5 Å². The van der Waals surface area contributed by atoms with Gasteiger partial charge in [-0.1, -0.05) is 36.4 Å². The van der Waals surface area contributed by atoms with E-state index >= 15 is 0 Å². The molecule has 0 aliphatic carbocycles. The predicted octanol–water partition coefficient (Wildman–Crippen LogP) is 3.01. The number of hydrogen-bond donors (Lipinski definition) is 2. The number of carbonyl (C=O) groups is 1. The first-order valence-corrected chi connectivity index (χ1v) is 10.6. The molecule has 0 radical (unpaired) electrons. The lowest BCUT2D eigenvalue weighted by Crippen LogP contribution is -2.37. The molecule has 0 spiro atoms. The van der Waals surface area contributed by atoms with E-state index in [-0.39, 0.29) is 18.1 Å². The zero-order valence-corrected chi connectivity index (χ0v) is 17.8. The summed E-state index contributed by atoms with van der Waals surface area (Å²) in [5.74, 6) is 0.429. The number of nitrogens with one attached hydrogen (secondary N) is 2. The summed E-state index contributed by atoms with van der Waals surface area (Å²) in [4.78, 5) is 30.0. The van der Waals surface area contributed by atoms with Crippen LogP contribution in [-0.2, 0) is 4.79 Å². The molecule has 0 unspecified atom stereocenters. The average molecular weight is 428 g/mol. The maximum atomic E-state index is 12.6. The molecule has 8 heteroatoms. The lowest BCUT2D eigenvalue weighted by Gasteiger charge is -2.25. The molecule has 1 amide bonds. The van der Waals surface area contributed by atoms with Gasteiger partial charge in [0.1, 0.15) is 0 Å². The Kier molecular flexibility index (Phi) is 5.20. The summed E-state index contributed by atoms with van der Waals surface area (Å²) in [5.41, 5.74) is 4.42. The number of anilines is 1.